The van der Waals surface area contributed by atoms with Crippen molar-refractivity contribution in [1.82, 2.24) is 29.8 Å². The SMILES string of the molecule is O=C(N[n+]1c(-c2cscn2)[nH]c2ccccc21)N1CCCC1c1ccccc1.O=C(O)C(F)(F)F.c1ccc2[nH]c(-c3cscn3)nc2c1. The summed E-state index contributed by atoms with van der Waals surface area (Å²) >= 11 is 3.10. The summed E-state index contributed by atoms with van der Waals surface area (Å²) in [5, 5.41) is 11.1. The molecule has 16 heteroatoms. The number of rotatable bonds is 4. The number of nitrogens with zero attached hydrogens (tertiary/aromatic N) is 5. The lowest BCUT2D eigenvalue weighted by atomic mass is 10.1. The fraction of sp³-hybridized carbons (Fsp3) is 0.152. The van der Waals surface area contributed by atoms with E-state index in [0.717, 1.165) is 64.5 Å². The number of H-pyrrole nitrogens is 2. The third-order valence-electron chi connectivity index (χ3n) is 7.51. The Bertz CT molecular complexity index is 2120. The van der Waals surface area contributed by atoms with E-state index in [1.54, 1.807) is 16.8 Å². The third kappa shape index (κ3) is 7.76. The van der Waals surface area contributed by atoms with E-state index in [2.05, 4.69) is 42.5 Å². The first-order chi connectivity index (χ1) is 23.7. The molecule has 0 spiro atoms. The number of alkyl halides is 3. The molecule has 250 valence electrons. The van der Waals surface area contributed by atoms with Crippen molar-refractivity contribution in [2.45, 2.75) is 25.1 Å². The van der Waals surface area contributed by atoms with Crippen molar-refractivity contribution in [3.63, 3.8) is 0 Å². The summed E-state index contributed by atoms with van der Waals surface area (Å²) in [6.07, 6.45) is -3.10. The standard InChI is InChI=1S/C21H19N5OS.C10H7N3S.C2HF3O2/c27-21(25-12-6-11-18(25)15-7-2-1-3-8-15)24-26-19-10-5-4-9-16(19)23-20(26)17-13-28-14-22-17;1-2-4-8-7(3-1)12-10(13-8)9-5-14-6-11-9;3-2(4,5)1(6)7/h1-5,7-10,13-14,18H,6,11-12H2,(H,24,27);1-6H,(H,12,13);(H,6,7)/p+1. The van der Waals surface area contributed by atoms with Crippen LogP contribution in [0.15, 0.2) is 101 Å². The monoisotopic (exact) mass is 705 g/mol. The maximum Gasteiger partial charge on any atom is 0.490 e. The number of benzene rings is 3. The molecule has 0 radical (unpaired) electrons. The number of aromatic amines is 2. The number of carboxylic acid groups (broad SMARTS) is 1. The highest BCUT2D eigenvalue weighted by Crippen LogP contribution is 2.32. The van der Waals surface area contributed by atoms with Crippen LogP contribution >= 0.6 is 22.7 Å². The first kappa shape index (κ1) is 33.3. The van der Waals surface area contributed by atoms with Gasteiger partial charge in [-0.05, 0) is 42.7 Å². The minimum atomic E-state index is -5.08. The van der Waals surface area contributed by atoms with Gasteiger partial charge in [-0.3, -0.25) is 0 Å². The third-order valence-corrected chi connectivity index (χ3v) is 8.68. The number of carbonyl (C=O) groups excluding carboxylic acids is 1. The van der Waals surface area contributed by atoms with E-state index >= 15 is 0 Å². The van der Waals surface area contributed by atoms with Gasteiger partial charge >= 0.3 is 24.0 Å². The molecular weight excluding hydrogens is 678 g/mol. The Labute approximate surface area is 284 Å². The molecule has 4 aromatic heterocycles. The first-order valence-electron chi connectivity index (χ1n) is 14.9. The van der Waals surface area contributed by atoms with E-state index in [9.17, 15) is 18.0 Å². The van der Waals surface area contributed by atoms with Gasteiger partial charge in [0, 0.05) is 17.3 Å². The van der Waals surface area contributed by atoms with E-state index in [0.29, 0.717) is 0 Å². The van der Waals surface area contributed by atoms with Crippen LogP contribution in [0, 0.1) is 0 Å². The van der Waals surface area contributed by atoms with Crippen molar-refractivity contribution in [2.75, 3.05) is 12.0 Å². The second kappa shape index (κ2) is 14.7. The average molecular weight is 706 g/mol. The van der Waals surface area contributed by atoms with Gasteiger partial charge in [0.1, 0.15) is 5.69 Å². The maximum absolute atomic E-state index is 13.2. The number of aliphatic carboxylic acids is 1. The quantitative estimate of drug-likeness (QED) is 0.141. The number of hydrogen-bond donors (Lipinski definition) is 4. The summed E-state index contributed by atoms with van der Waals surface area (Å²) in [5.74, 6) is -1.15. The molecule has 49 heavy (non-hydrogen) atoms. The van der Waals surface area contributed by atoms with E-state index in [1.807, 2.05) is 92.6 Å². The fourth-order valence-electron chi connectivity index (χ4n) is 5.30. The summed E-state index contributed by atoms with van der Waals surface area (Å²) in [5.41, 5.74) is 13.5. The molecule has 1 aliphatic rings. The molecule has 2 amide bonds. The van der Waals surface area contributed by atoms with Crippen LogP contribution in [0.25, 0.3) is 45.1 Å². The number of carboxylic acids is 1. The Balaban J connectivity index is 0.000000164. The summed E-state index contributed by atoms with van der Waals surface area (Å²) in [7, 11) is 0. The lowest BCUT2D eigenvalue weighted by Gasteiger charge is -2.24. The zero-order chi connectivity index (χ0) is 34.4. The largest absolute Gasteiger partial charge is 0.490 e. The van der Waals surface area contributed by atoms with E-state index in [1.165, 1.54) is 16.9 Å². The van der Waals surface area contributed by atoms with Crippen molar-refractivity contribution >= 4 is 56.7 Å². The normalized spacial score (nSPS) is 14.2. The molecular formula is C33H28F3N8O3S2+. The topological polar surface area (TPSA) is 144 Å². The Hall–Kier alpha value is -5.61. The number of aromatic nitrogens is 6. The predicted octanol–water partition coefficient (Wildman–Crippen LogP) is 7.40. The van der Waals surface area contributed by atoms with Gasteiger partial charge in [0.05, 0.1) is 28.1 Å². The average Bonchev–Trinajstić information content (AvgIpc) is 3.94. The second-order valence-electron chi connectivity index (χ2n) is 10.7. The van der Waals surface area contributed by atoms with E-state index < -0.39 is 12.1 Å². The van der Waals surface area contributed by atoms with Crippen LogP contribution < -0.4 is 10.1 Å². The number of halogens is 3. The van der Waals surface area contributed by atoms with Crippen molar-refractivity contribution in [2.24, 2.45) is 0 Å². The molecule has 1 aliphatic heterocycles. The number of amides is 2. The number of imidazole rings is 2. The van der Waals surface area contributed by atoms with E-state index in [4.69, 9.17) is 9.90 Å². The minimum absolute atomic E-state index is 0.0995. The number of fused-ring (bicyclic) bond motifs is 2. The van der Waals surface area contributed by atoms with Gasteiger partial charge in [-0.2, -0.15) is 18.6 Å². The van der Waals surface area contributed by atoms with Crippen LogP contribution in [0.3, 0.4) is 0 Å². The number of carbonyl (C=O) groups is 2. The highest BCUT2D eigenvalue weighted by molar-refractivity contribution is 7.08. The Kier molecular flexibility index (Phi) is 9.96. The van der Waals surface area contributed by atoms with Gasteiger partial charge in [-0.1, -0.05) is 54.6 Å². The molecule has 11 nitrogen and oxygen atoms in total. The first-order valence-corrected chi connectivity index (χ1v) is 16.7. The number of para-hydroxylation sites is 4. The summed E-state index contributed by atoms with van der Waals surface area (Å²) in [4.78, 5) is 43.7. The summed E-state index contributed by atoms with van der Waals surface area (Å²) in [6, 6.07) is 26.1. The molecule has 8 rings (SSSR count). The van der Waals surface area contributed by atoms with Crippen molar-refractivity contribution in [1.29, 1.82) is 0 Å². The molecule has 3 aromatic carbocycles. The number of nitrogens with one attached hydrogen (secondary N) is 3. The second-order valence-corrected chi connectivity index (χ2v) is 12.1. The van der Waals surface area contributed by atoms with Crippen molar-refractivity contribution in [3.8, 4) is 23.0 Å². The molecule has 0 bridgehead atoms. The lowest BCUT2D eigenvalue weighted by Crippen LogP contribution is -2.53. The van der Waals surface area contributed by atoms with Crippen LogP contribution in [0.1, 0.15) is 24.4 Å². The van der Waals surface area contributed by atoms with Crippen LogP contribution in [-0.4, -0.2) is 59.6 Å². The Morgan fingerprint density at radius 2 is 1.51 bits per heavy atom. The zero-order valence-corrected chi connectivity index (χ0v) is 27.1. The van der Waals surface area contributed by atoms with Gasteiger partial charge in [-0.15, -0.1) is 27.3 Å². The number of urea groups is 1. The molecule has 0 saturated carbocycles. The van der Waals surface area contributed by atoms with Gasteiger partial charge in [0.25, 0.3) is 0 Å². The molecule has 4 N–H and O–H groups in total. The number of thiazole rings is 2. The Morgan fingerprint density at radius 3 is 2.16 bits per heavy atom. The molecule has 0 aliphatic carbocycles. The van der Waals surface area contributed by atoms with Gasteiger partial charge < -0.3 is 15.0 Å². The van der Waals surface area contributed by atoms with Gasteiger partial charge in [0.15, 0.2) is 17.0 Å². The maximum atomic E-state index is 13.2. The zero-order valence-electron chi connectivity index (χ0n) is 25.5. The summed E-state index contributed by atoms with van der Waals surface area (Å²) in [6.45, 7) is 0.750. The van der Waals surface area contributed by atoms with Crippen LogP contribution in [0.5, 0.6) is 0 Å². The molecule has 1 atom stereocenters. The van der Waals surface area contributed by atoms with Crippen LogP contribution in [-0.2, 0) is 4.79 Å². The Morgan fingerprint density at radius 1 is 0.878 bits per heavy atom. The van der Waals surface area contributed by atoms with Gasteiger partial charge in [0.2, 0.25) is 5.52 Å². The molecule has 1 saturated heterocycles. The van der Waals surface area contributed by atoms with E-state index in [-0.39, 0.29) is 12.1 Å². The minimum Gasteiger partial charge on any atom is -0.475 e. The highest BCUT2D eigenvalue weighted by atomic mass is 32.1. The lowest BCUT2D eigenvalue weighted by molar-refractivity contribution is -0.603. The predicted molar refractivity (Wildman–Crippen MR) is 180 cm³/mol. The van der Waals surface area contributed by atoms with Crippen molar-refractivity contribution < 1.29 is 32.5 Å². The molecule has 5 heterocycles. The highest BCUT2D eigenvalue weighted by Gasteiger charge is 2.38. The molecule has 7 aromatic rings. The van der Waals surface area contributed by atoms with Crippen LogP contribution in [0.2, 0.25) is 0 Å². The van der Waals surface area contributed by atoms with Gasteiger partial charge in [-0.25, -0.2) is 29.5 Å². The van der Waals surface area contributed by atoms with Crippen molar-refractivity contribution in [3.05, 3.63) is 106 Å². The molecule has 1 fully saturated rings. The summed E-state index contributed by atoms with van der Waals surface area (Å²) < 4.78 is 33.5. The number of hydrogen-bond acceptors (Lipinski definition) is 7. The smallest absolute Gasteiger partial charge is 0.475 e. The molecule has 1 unspecified atom stereocenters. The van der Waals surface area contributed by atoms with Crippen LogP contribution in [0.4, 0.5) is 18.0 Å². The fourth-order valence-corrected chi connectivity index (χ4v) is 6.37. The number of likely N-dealkylation sites (tertiary alicyclic amines) is 1.